The lowest BCUT2D eigenvalue weighted by Gasteiger charge is -2.35. The van der Waals surface area contributed by atoms with Gasteiger partial charge in [0.05, 0.1) is 18.7 Å². The molecular weight excluding hydrogens is 445 g/mol. The molecule has 1 aliphatic rings. The number of aryl methyl sites for hydroxylation is 1. The molecule has 1 saturated heterocycles. The van der Waals surface area contributed by atoms with Gasteiger partial charge in [0.15, 0.2) is 0 Å². The zero-order chi connectivity index (χ0) is 24.7. The smallest absolute Gasteiger partial charge is 0.339 e. The Bertz CT molecular complexity index is 971. The Hall–Kier alpha value is -2.91. The average molecular weight is 477 g/mol. The Balaban J connectivity index is 1.41. The number of halogens is 3. The summed E-state index contributed by atoms with van der Waals surface area (Å²) in [6.07, 6.45) is -3.52. The Morgan fingerprint density at radius 3 is 2.26 bits per heavy atom. The fourth-order valence-corrected chi connectivity index (χ4v) is 4.00. The Kier molecular flexibility index (Phi) is 8.68. The molecule has 0 aromatic heterocycles. The van der Waals surface area contributed by atoms with Gasteiger partial charge in [0.1, 0.15) is 0 Å². The Labute approximate surface area is 198 Å². The molecule has 0 spiro atoms. The van der Waals surface area contributed by atoms with E-state index in [1.165, 1.54) is 12.1 Å². The zero-order valence-electron chi connectivity index (χ0n) is 19.6. The summed E-state index contributed by atoms with van der Waals surface area (Å²) in [4.78, 5) is 30.7. The number of carbonyl (C=O) groups excluding carboxylic acids is 2. The molecule has 0 atom stereocenters. The van der Waals surface area contributed by atoms with Crippen LogP contribution in [-0.2, 0) is 28.7 Å². The van der Waals surface area contributed by atoms with E-state index in [9.17, 15) is 22.8 Å². The van der Waals surface area contributed by atoms with Crippen molar-refractivity contribution in [2.24, 2.45) is 0 Å². The van der Waals surface area contributed by atoms with Crippen LogP contribution in [0.1, 0.15) is 23.6 Å². The molecule has 1 heterocycles. The van der Waals surface area contributed by atoms with Crippen LogP contribution in [0.5, 0.6) is 0 Å². The van der Waals surface area contributed by atoms with Gasteiger partial charge in [-0.15, -0.1) is 0 Å². The van der Waals surface area contributed by atoms with E-state index < -0.39 is 11.7 Å². The second kappa shape index (κ2) is 11.5. The van der Waals surface area contributed by atoms with Crippen molar-refractivity contribution in [2.75, 3.05) is 51.6 Å². The van der Waals surface area contributed by atoms with Gasteiger partial charge in [0.2, 0.25) is 11.8 Å². The van der Waals surface area contributed by atoms with Crippen LogP contribution in [-0.4, -0.2) is 72.8 Å². The van der Waals surface area contributed by atoms with Gasteiger partial charge in [0.25, 0.3) is 0 Å². The van der Waals surface area contributed by atoms with E-state index in [1.54, 1.807) is 16.8 Å². The predicted octanol–water partition coefficient (Wildman–Crippen LogP) is 3.48. The minimum atomic E-state index is -4.36. The van der Waals surface area contributed by atoms with E-state index >= 15 is 0 Å². The normalized spacial score (nSPS) is 14.9. The molecular formula is C25H31F3N4O2. The molecule has 0 saturated carbocycles. The molecule has 9 heteroatoms. The van der Waals surface area contributed by atoms with Gasteiger partial charge in [-0.2, -0.15) is 13.2 Å². The van der Waals surface area contributed by atoms with Gasteiger partial charge in [0, 0.05) is 38.4 Å². The number of rotatable bonds is 8. The zero-order valence-corrected chi connectivity index (χ0v) is 19.6. The van der Waals surface area contributed by atoms with Gasteiger partial charge in [-0.3, -0.25) is 19.4 Å². The standard InChI is InChI=1S/C25H31F3N4O2/c1-3-20-6-4-5-7-22(20)29-23(33)17-31-12-14-32(15-13-31)24(34)18-30(2)16-19-8-10-21(11-9-19)25(26,27)28/h4-11H,3,12-18H2,1-2H3,(H,29,33). The lowest BCUT2D eigenvalue weighted by molar-refractivity contribution is -0.137. The largest absolute Gasteiger partial charge is 0.416 e. The highest BCUT2D eigenvalue weighted by Crippen LogP contribution is 2.29. The number of amides is 2. The fourth-order valence-electron chi connectivity index (χ4n) is 4.00. The second-order valence-electron chi connectivity index (χ2n) is 8.58. The maximum Gasteiger partial charge on any atom is 0.416 e. The van der Waals surface area contributed by atoms with Crippen LogP contribution >= 0.6 is 0 Å². The van der Waals surface area contributed by atoms with Crippen molar-refractivity contribution in [3.63, 3.8) is 0 Å². The SMILES string of the molecule is CCc1ccccc1NC(=O)CN1CCN(C(=O)CN(C)Cc2ccc(C(F)(F)F)cc2)CC1. The number of hydrogen-bond donors (Lipinski definition) is 1. The van der Waals surface area contributed by atoms with Crippen LogP contribution < -0.4 is 5.32 Å². The third kappa shape index (κ3) is 7.30. The minimum Gasteiger partial charge on any atom is -0.339 e. The first kappa shape index (κ1) is 25.7. The van der Waals surface area contributed by atoms with Crippen LogP contribution in [0.2, 0.25) is 0 Å². The van der Waals surface area contributed by atoms with Crippen LogP contribution in [0.4, 0.5) is 18.9 Å². The third-order valence-electron chi connectivity index (χ3n) is 5.90. The van der Waals surface area contributed by atoms with Crippen molar-refractivity contribution in [2.45, 2.75) is 26.1 Å². The summed E-state index contributed by atoms with van der Waals surface area (Å²) in [7, 11) is 1.77. The molecule has 184 valence electrons. The van der Waals surface area contributed by atoms with Crippen molar-refractivity contribution in [3.8, 4) is 0 Å². The number of carbonyl (C=O) groups is 2. The van der Waals surface area contributed by atoms with E-state index in [2.05, 4.69) is 5.32 Å². The highest BCUT2D eigenvalue weighted by Gasteiger charge is 2.30. The molecule has 6 nitrogen and oxygen atoms in total. The van der Waals surface area contributed by atoms with Gasteiger partial charge in [-0.25, -0.2) is 0 Å². The predicted molar refractivity (Wildman–Crippen MR) is 125 cm³/mol. The lowest BCUT2D eigenvalue weighted by Crippen LogP contribution is -2.52. The van der Waals surface area contributed by atoms with Crippen molar-refractivity contribution >= 4 is 17.5 Å². The van der Waals surface area contributed by atoms with Crippen molar-refractivity contribution in [3.05, 3.63) is 65.2 Å². The molecule has 2 aromatic rings. The quantitative estimate of drug-likeness (QED) is 0.634. The maximum atomic E-state index is 12.7. The number of anilines is 1. The van der Waals surface area contributed by atoms with Gasteiger partial charge in [-0.1, -0.05) is 37.3 Å². The molecule has 0 bridgehead atoms. The summed E-state index contributed by atoms with van der Waals surface area (Å²) in [6.45, 7) is 5.15. The molecule has 0 unspecified atom stereocenters. The van der Waals surface area contributed by atoms with Gasteiger partial charge < -0.3 is 10.2 Å². The summed E-state index contributed by atoms with van der Waals surface area (Å²) >= 11 is 0. The highest BCUT2D eigenvalue weighted by molar-refractivity contribution is 5.93. The van der Waals surface area contributed by atoms with E-state index in [0.29, 0.717) is 38.3 Å². The van der Waals surface area contributed by atoms with E-state index in [1.807, 2.05) is 36.1 Å². The highest BCUT2D eigenvalue weighted by atomic mass is 19.4. The average Bonchev–Trinajstić information content (AvgIpc) is 2.79. The summed E-state index contributed by atoms with van der Waals surface area (Å²) in [6, 6.07) is 12.7. The van der Waals surface area contributed by atoms with Crippen LogP contribution in [0.25, 0.3) is 0 Å². The molecule has 1 aliphatic heterocycles. The second-order valence-corrected chi connectivity index (χ2v) is 8.58. The molecule has 1 N–H and O–H groups in total. The van der Waals surface area contributed by atoms with Gasteiger partial charge in [-0.05, 0) is 42.8 Å². The van der Waals surface area contributed by atoms with Crippen LogP contribution in [0.3, 0.4) is 0 Å². The molecule has 2 amide bonds. The number of benzene rings is 2. The monoisotopic (exact) mass is 476 g/mol. The van der Waals surface area contributed by atoms with Crippen molar-refractivity contribution < 1.29 is 22.8 Å². The van der Waals surface area contributed by atoms with Gasteiger partial charge >= 0.3 is 6.18 Å². The first-order valence-corrected chi connectivity index (χ1v) is 11.4. The summed E-state index contributed by atoms with van der Waals surface area (Å²) in [5.41, 5.74) is 1.95. The fraction of sp³-hybridized carbons (Fsp3) is 0.440. The number of para-hydroxylation sites is 1. The number of nitrogens with one attached hydrogen (secondary N) is 1. The first-order chi connectivity index (χ1) is 16.2. The first-order valence-electron chi connectivity index (χ1n) is 11.4. The maximum absolute atomic E-state index is 12.7. The number of alkyl halides is 3. The van der Waals surface area contributed by atoms with E-state index in [-0.39, 0.29) is 24.9 Å². The topological polar surface area (TPSA) is 55.9 Å². The number of nitrogens with zero attached hydrogens (tertiary/aromatic N) is 3. The number of hydrogen-bond acceptors (Lipinski definition) is 4. The molecule has 34 heavy (non-hydrogen) atoms. The summed E-state index contributed by atoms with van der Waals surface area (Å²) in [5, 5.41) is 2.97. The molecule has 2 aromatic carbocycles. The van der Waals surface area contributed by atoms with Crippen LogP contribution in [0.15, 0.2) is 48.5 Å². The lowest BCUT2D eigenvalue weighted by atomic mass is 10.1. The number of piperazine rings is 1. The minimum absolute atomic E-state index is 0.0320. The summed E-state index contributed by atoms with van der Waals surface area (Å²) in [5.74, 6) is -0.104. The van der Waals surface area contributed by atoms with Crippen molar-refractivity contribution in [1.82, 2.24) is 14.7 Å². The molecule has 0 radical (unpaired) electrons. The molecule has 3 rings (SSSR count). The van der Waals surface area contributed by atoms with Crippen LogP contribution in [0, 0.1) is 0 Å². The van der Waals surface area contributed by atoms with E-state index in [4.69, 9.17) is 0 Å². The summed E-state index contributed by atoms with van der Waals surface area (Å²) < 4.78 is 38.1. The van der Waals surface area contributed by atoms with Crippen molar-refractivity contribution in [1.29, 1.82) is 0 Å². The Morgan fingerprint density at radius 2 is 1.65 bits per heavy atom. The number of likely N-dealkylation sites (N-methyl/N-ethyl adjacent to an activating group) is 1. The van der Waals surface area contributed by atoms with E-state index in [0.717, 1.165) is 29.8 Å². The molecule has 0 aliphatic carbocycles. The molecule has 1 fully saturated rings. The Morgan fingerprint density at radius 1 is 1.00 bits per heavy atom. The third-order valence-corrected chi connectivity index (χ3v) is 5.90.